The molecule has 1 unspecified atom stereocenters. The number of likely N-dealkylation sites (N-methyl/N-ethyl adjacent to an activating group) is 1. The minimum absolute atomic E-state index is 0.141. The van der Waals surface area contributed by atoms with E-state index in [2.05, 4.69) is 35.3 Å². The topological polar surface area (TPSA) is 51.4 Å². The molecule has 0 aliphatic rings. The highest BCUT2D eigenvalue weighted by Gasteiger charge is 2.29. The van der Waals surface area contributed by atoms with Crippen LogP contribution in [0.5, 0.6) is 5.75 Å². The number of para-hydroxylation sites is 1. The zero-order valence-corrected chi connectivity index (χ0v) is 13.7. The van der Waals surface area contributed by atoms with E-state index in [0.29, 0.717) is 6.54 Å². The zero-order chi connectivity index (χ0) is 15.3. The molecule has 0 saturated carbocycles. The van der Waals surface area contributed by atoms with Crippen LogP contribution >= 0.6 is 11.3 Å². The van der Waals surface area contributed by atoms with E-state index in [0.717, 1.165) is 24.4 Å². The number of hydrogen-bond acceptors (Lipinski definition) is 5. The Balaban J connectivity index is 2.16. The van der Waals surface area contributed by atoms with Crippen LogP contribution in [-0.4, -0.2) is 36.1 Å². The number of benzene rings is 1. The summed E-state index contributed by atoms with van der Waals surface area (Å²) in [5, 5.41) is 2.08. The summed E-state index contributed by atoms with van der Waals surface area (Å²) in [7, 11) is 3.80. The van der Waals surface area contributed by atoms with E-state index < -0.39 is 0 Å². The van der Waals surface area contributed by atoms with E-state index in [1.807, 2.05) is 23.7 Å². The molecular weight excluding hydrogens is 282 g/mol. The minimum atomic E-state index is -0.141. The van der Waals surface area contributed by atoms with Crippen molar-refractivity contribution in [2.75, 3.05) is 20.7 Å². The summed E-state index contributed by atoms with van der Waals surface area (Å²) in [6.07, 6.45) is 0.841. The number of hydrogen-bond donors (Lipinski definition) is 1. The molecule has 1 heterocycles. The van der Waals surface area contributed by atoms with Crippen molar-refractivity contribution in [1.82, 2.24) is 9.88 Å². The molecule has 0 bridgehead atoms. The van der Waals surface area contributed by atoms with Crippen LogP contribution in [0.1, 0.15) is 18.2 Å². The predicted molar refractivity (Wildman–Crippen MR) is 87.7 cm³/mol. The second kappa shape index (κ2) is 7.02. The molecule has 0 aliphatic carbocycles. The lowest BCUT2D eigenvalue weighted by Gasteiger charge is -2.38. The number of rotatable bonds is 7. The maximum absolute atomic E-state index is 6.08. The fraction of sp³-hybridized carbons (Fsp3) is 0.438. The van der Waals surface area contributed by atoms with Crippen LogP contribution in [-0.2, 0) is 13.0 Å². The largest absolute Gasteiger partial charge is 0.496 e. The summed E-state index contributed by atoms with van der Waals surface area (Å²) >= 11 is 1.62. The molecule has 0 spiro atoms. The molecule has 21 heavy (non-hydrogen) atoms. The number of ether oxygens (including phenoxy) is 1. The lowest BCUT2D eigenvalue weighted by molar-refractivity contribution is 0.134. The Kier molecular flexibility index (Phi) is 5.33. The Morgan fingerprint density at radius 1 is 1.38 bits per heavy atom. The minimum Gasteiger partial charge on any atom is -0.496 e. The van der Waals surface area contributed by atoms with E-state index in [1.54, 1.807) is 18.4 Å². The molecule has 2 rings (SSSR count). The van der Waals surface area contributed by atoms with Crippen LogP contribution in [0.25, 0.3) is 0 Å². The number of thiazole rings is 1. The van der Waals surface area contributed by atoms with Gasteiger partial charge in [-0.05, 0) is 32.0 Å². The van der Waals surface area contributed by atoms with E-state index in [9.17, 15) is 0 Å². The van der Waals surface area contributed by atoms with Gasteiger partial charge in [0.1, 0.15) is 5.75 Å². The van der Waals surface area contributed by atoms with Crippen LogP contribution in [0.15, 0.2) is 35.2 Å². The molecule has 0 aliphatic heterocycles. The fourth-order valence-corrected chi connectivity index (χ4v) is 2.92. The zero-order valence-electron chi connectivity index (χ0n) is 12.9. The first kappa shape index (κ1) is 15.9. The summed E-state index contributed by atoms with van der Waals surface area (Å²) < 4.78 is 5.45. The molecule has 1 aromatic carbocycles. The Hall–Kier alpha value is -1.43. The van der Waals surface area contributed by atoms with Crippen LogP contribution < -0.4 is 10.5 Å². The standard InChI is InChI=1S/C16H23N3OS/c1-16(11-17,19(2)9-14-10-21-12-18-14)8-13-6-4-5-7-15(13)20-3/h4-7,10,12H,8-9,11,17H2,1-3H3. The number of nitrogens with two attached hydrogens (primary N) is 1. The normalized spacial score (nSPS) is 14.1. The second-order valence-electron chi connectivity index (χ2n) is 5.53. The van der Waals surface area contributed by atoms with Gasteiger partial charge in [-0.15, -0.1) is 11.3 Å². The molecule has 2 aromatic rings. The maximum Gasteiger partial charge on any atom is 0.122 e. The smallest absolute Gasteiger partial charge is 0.122 e. The van der Waals surface area contributed by atoms with Gasteiger partial charge in [0.05, 0.1) is 18.3 Å². The molecule has 114 valence electrons. The van der Waals surface area contributed by atoms with Crippen molar-refractivity contribution < 1.29 is 4.74 Å². The lowest BCUT2D eigenvalue weighted by atomic mass is 9.90. The van der Waals surface area contributed by atoms with Crippen molar-refractivity contribution in [2.45, 2.75) is 25.4 Å². The number of methoxy groups -OCH3 is 1. The fourth-order valence-electron chi connectivity index (χ4n) is 2.37. The molecule has 2 N–H and O–H groups in total. The summed E-state index contributed by atoms with van der Waals surface area (Å²) in [5.74, 6) is 0.916. The molecule has 4 nitrogen and oxygen atoms in total. The first-order chi connectivity index (χ1) is 10.1. The van der Waals surface area contributed by atoms with Gasteiger partial charge in [0, 0.05) is 24.0 Å². The number of nitrogens with zero attached hydrogens (tertiary/aromatic N) is 2. The van der Waals surface area contributed by atoms with Gasteiger partial charge in [-0.1, -0.05) is 18.2 Å². The first-order valence-electron chi connectivity index (χ1n) is 6.99. The third-order valence-corrected chi connectivity index (χ3v) is 4.64. The Labute approximate surface area is 130 Å². The molecule has 0 saturated heterocycles. The summed E-state index contributed by atoms with van der Waals surface area (Å²) in [5.41, 5.74) is 10.1. The third kappa shape index (κ3) is 3.81. The summed E-state index contributed by atoms with van der Waals surface area (Å²) in [4.78, 5) is 6.63. The number of aromatic nitrogens is 1. The van der Waals surface area contributed by atoms with Crippen LogP contribution in [0.2, 0.25) is 0 Å². The molecule has 0 fully saturated rings. The van der Waals surface area contributed by atoms with Gasteiger partial charge < -0.3 is 10.5 Å². The third-order valence-electron chi connectivity index (χ3n) is 4.01. The molecule has 0 amide bonds. The first-order valence-corrected chi connectivity index (χ1v) is 7.93. The van der Waals surface area contributed by atoms with Gasteiger partial charge >= 0.3 is 0 Å². The Bertz CT molecular complexity index is 558. The van der Waals surface area contributed by atoms with E-state index >= 15 is 0 Å². The molecule has 5 heteroatoms. The highest BCUT2D eigenvalue weighted by Crippen LogP contribution is 2.26. The Morgan fingerprint density at radius 2 is 2.14 bits per heavy atom. The molecule has 1 aromatic heterocycles. The monoisotopic (exact) mass is 305 g/mol. The lowest BCUT2D eigenvalue weighted by Crippen LogP contribution is -2.51. The van der Waals surface area contributed by atoms with E-state index in [4.69, 9.17) is 10.5 Å². The van der Waals surface area contributed by atoms with Crippen LogP contribution in [0, 0.1) is 0 Å². The second-order valence-corrected chi connectivity index (χ2v) is 6.24. The van der Waals surface area contributed by atoms with E-state index in [-0.39, 0.29) is 5.54 Å². The van der Waals surface area contributed by atoms with Crippen molar-refractivity contribution >= 4 is 11.3 Å². The van der Waals surface area contributed by atoms with Gasteiger partial charge in [0.25, 0.3) is 0 Å². The van der Waals surface area contributed by atoms with Gasteiger partial charge in [0.2, 0.25) is 0 Å². The van der Waals surface area contributed by atoms with Crippen molar-refractivity contribution in [3.8, 4) is 5.75 Å². The van der Waals surface area contributed by atoms with E-state index in [1.165, 1.54) is 5.56 Å². The summed E-state index contributed by atoms with van der Waals surface area (Å²) in [6.45, 7) is 3.56. The highest BCUT2D eigenvalue weighted by molar-refractivity contribution is 7.07. The van der Waals surface area contributed by atoms with Crippen molar-refractivity contribution in [3.05, 3.63) is 46.4 Å². The van der Waals surface area contributed by atoms with Gasteiger partial charge in [-0.2, -0.15) is 0 Å². The quantitative estimate of drug-likeness (QED) is 0.854. The average molecular weight is 305 g/mol. The maximum atomic E-state index is 6.08. The van der Waals surface area contributed by atoms with Gasteiger partial charge in [-0.25, -0.2) is 4.98 Å². The molecule has 0 radical (unpaired) electrons. The van der Waals surface area contributed by atoms with Gasteiger partial charge in [0.15, 0.2) is 0 Å². The Morgan fingerprint density at radius 3 is 2.76 bits per heavy atom. The average Bonchev–Trinajstić information content (AvgIpc) is 3.00. The van der Waals surface area contributed by atoms with Crippen molar-refractivity contribution in [1.29, 1.82) is 0 Å². The molecule has 1 atom stereocenters. The predicted octanol–water partition coefficient (Wildman–Crippen LogP) is 2.54. The molecular formula is C16H23N3OS. The SMILES string of the molecule is COc1ccccc1CC(C)(CN)N(C)Cc1cscn1. The summed E-state index contributed by atoms with van der Waals surface area (Å²) in [6, 6.07) is 8.12. The van der Waals surface area contributed by atoms with Crippen molar-refractivity contribution in [2.24, 2.45) is 5.73 Å². The van der Waals surface area contributed by atoms with Crippen LogP contribution in [0.3, 0.4) is 0 Å². The van der Waals surface area contributed by atoms with Crippen LogP contribution in [0.4, 0.5) is 0 Å². The van der Waals surface area contributed by atoms with Crippen molar-refractivity contribution in [3.63, 3.8) is 0 Å². The highest BCUT2D eigenvalue weighted by atomic mass is 32.1. The van der Waals surface area contributed by atoms with Gasteiger partial charge in [-0.3, -0.25) is 4.90 Å².